The molecule has 0 atom stereocenters. The lowest BCUT2D eigenvalue weighted by Crippen LogP contribution is -2.27. The monoisotopic (exact) mass is 437 g/mol. The summed E-state index contributed by atoms with van der Waals surface area (Å²) in [5.74, 6) is -0.441. The van der Waals surface area contributed by atoms with Gasteiger partial charge in [0.15, 0.2) is 6.29 Å². The Morgan fingerprint density at radius 2 is 1.77 bits per heavy atom. The number of benzene rings is 1. The molecule has 3 rings (SSSR count). The predicted octanol–water partition coefficient (Wildman–Crippen LogP) is 5.77. The molecule has 1 amide bonds. The van der Waals surface area contributed by atoms with E-state index in [2.05, 4.69) is 0 Å². The summed E-state index contributed by atoms with van der Waals surface area (Å²) in [5, 5.41) is 0.131. The van der Waals surface area contributed by atoms with Gasteiger partial charge in [-0.1, -0.05) is 17.2 Å². The summed E-state index contributed by atoms with van der Waals surface area (Å²) in [6.07, 6.45) is 3.01. The second kappa shape index (κ2) is 9.94. The number of amides is 1. The van der Waals surface area contributed by atoms with Crippen LogP contribution in [0.5, 0.6) is 5.75 Å². The molecule has 0 saturated carbocycles. The molecule has 0 aromatic heterocycles. The molecule has 164 valence electrons. The van der Waals surface area contributed by atoms with Crippen molar-refractivity contribution in [3.05, 3.63) is 45.4 Å². The van der Waals surface area contributed by atoms with E-state index in [0.717, 1.165) is 48.1 Å². The van der Waals surface area contributed by atoms with Gasteiger partial charge in [0.05, 0.1) is 16.4 Å². The van der Waals surface area contributed by atoms with E-state index >= 15 is 0 Å². The Labute approximate surface area is 182 Å². The molecule has 0 spiro atoms. The number of nitrogens with zero attached hydrogens (tertiary/aromatic N) is 1. The van der Waals surface area contributed by atoms with Crippen molar-refractivity contribution in [3.8, 4) is 5.75 Å². The lowest BCUT2D eigenvalue weighted by atomic mass is 9.91. The molecule has 0 fully saturated rings. The van der Waals surface area contributed by atoms with Gasteiger partial charge in [0.25, 0.3) is 5.91 Å². The third kappa shape index (κ3) is 4.56. The number of allylic oxidation sites excluding steroid dienone is 2. The van der Waals surface area contributed by atoms with Crippen LogP contribution >= 0.6 is 11.6 Å². The smallest absolute Gasteiger partial charge is 0.259 e. The van der Waals surface area contributed by atoms with Crippen molar-refractivity contribution in [2.75, 3.05) is 24.7 Å². The SMILES string of the molecule is CCOC(COc1cc(N2C(=O)C3=C(CCCC3)C2=C(C)C)c(F)cc1Cl)OCC. The second-order valence-electron chi connectivity index (χ2n) is 7.54. The maximum absolute atomic E-state index is 15.0. The first-order chi connectivity index (χ1) is 14.4. The van der Waals surface area contributed by atoms with Crippen molar-refractivity contribution in [1.82, 2.24) is 0 Å². The van der Waals surface area contributed by atoms with Gasteiger partial charge >= 0.3 is 0 Å². The third-order valence-corrected chi connectivity index (χ3v) is 5.53. The van der Waals surface area contributed by atoms with Crippen molar-refractivity contribution < 1.29 is 23.4 Å². The topological polar surface area (TPSA) is 48.0 Å². The Bertz CT molecular complexity index is 870. The highest BCUT2D eigenvalue weighted by atomic mass is 35.5. The minimum Gasteiger partial charge on any atom is -0.487 e. The van der Waals surface area contributed by atoms with E-state index in [1.807, 2.05) is 27.7 Å². The molecule has 30 heavy (non-hydrogen) atoms. The van der Waals surface area contributed by atoms with Crippen LogP contribution < -0.4 is 9.64 Å². The molecule has 1 aliphatic heterocycles. The van der Waals surface area contributed by atoms with Crippen LogP contribution in [-0.2, 0) is 14.3 Å². The highest BCUT2D eigenvalue weighted by Crippen LogP contribution is 2.44. The molecule has 0 radical (unpaired) electrons. The molecular weight excluding hydrogens is 409 g/mol. The minimum absolute atomic E-state index is 0.102. The van der Waals surface area contributed by atoms with Crippen molar-refractivity contribution in [3.63, 3.8) is 0 Å². The van der Waals surface area contributed by atoms with Crippen LogP contribution in [0.4, 0.5) is 10.1 Å². The normalized spacial score (nSPS) is 16.6. The number of carbonyl (C=O) groups is 1. The van der Waals surface area contributed by atoms with Crippen LogP contribution in [0.2, 0.25) is 5.02 Å². The van der Waals surface area contributed by atoms with Crippen molar-refractivity contribution in [1.29, 1.82) is 0 Å². The number of hydrogen-bond donors (Lipinski definition) is 0. The van der Waals surface area contributed by atoms with Crippen molar-refractivity contribution in [2.45, 2.75) is 59.7 Å². The third-order valence-electron chi connectivity index (χ3n) is 5.23. The van der Waals surface area contributed by atoms with Gasteiger partial charge in [0.1, 0.15) is 18.2 Å². The Kier molecular flexibility index (Phi) is 7.55. The van der Waals surface area contributed by atoms with Gasteiger partial charge < -0.3 is 14.2 Å². The summed E-state index contributed by atoms with van der Waals surface area (Å²) < 4.78 is 31.7. The standard InChI is InChI=1S/C23H29ClFNO4/c1-5-28-21(29-6-2)13-30-20-12-19(18(25)11-17(20)24)26-22(14(3)4)15-9-7-8-10-16(15)23(26)27/h11-12,21H,5-10,13H2,1-4H3. The van der Waals surface area contributed by atoms with Crippen molar-refractivity contribution in [2.24, 2.45) is 0 Å². The second-order valence-corrected chi connectivity index (χ2v) is 7.95. The van der Waals surface area contributed by atoms with Crippen LogP contribution in [0, 0.1) is 5.82 Å². The number of halogens is 2. The molecule has 1 aliphatic carbocycles. The van der Waals surface area contributed by atoms with Gasteiger partial charge in [-0.25, -0.2) is 4.39 Å². The molecule has 1 heterocycles. The van der Waals surface area contributed by atoms with Gasteiger partial charge in [0.2, 0.25) is 0 Å². The maximum Gasteiger partial charge on any atom is 0.259 e. The number of hydrogen-bond acceptors (Lipinski definition) is 4. The Balaban J connectivity index is 1.94. The van der Waals surface area contributed by atoms with Gasteiger partial charge in [-0.05, 0) is 65.0 Å². The molecule has 0 saturated heterocycles. The molecule has 0 N–H and O–H groups in total. The molecule has 1 aromatic rings. The first-order valence-corrected chi connectivity index (χ1v) is 10.9. The number of rotatable bonds is 8. The van der Waals surface area contributed by atoms with E-state index in [9.17, 15) is 9.18 Å². The first kappa shape index (κ1) is 22.8. The highest BCUT2D eigenvalue weighted by molar-refractivity contribution is 6.32. The molecule has 0 bridgehead atoms. The summed E-state index contributed by atoms with van der Waals surface area (Å²) in [5.41, 5.74) is 3.75. The largest absolute Gasteiger partial charge is 0.487 e. The first-order valence-electron chi connectivity index (χ1n) is 10.5. The quantitative estimate of drug-likeness (QED) is 0.484. The van der Waals surface area contributed by atoms with Crippen LogP contribution in [0.25, 0.3) is 0 Å². The Morgan fingerprint density at radius 1 is 1.13 bits per heavy atom. The summed E-state index contributed by atoms with van der Waals surface area (Å²) in [6, 6.07) is 2.68. The average molecular weight is 438 g/mol. The van der Waals surface area contributed by atoms with Crippen LogP contribution in [0.3, 0.4) is 0 Å². The fourth-order valence-electron chi connectivity index (χ4n) is 4.00. The summed E-state index contributed by atoms with van der Waals surface area (Å²) >= 11 is 6.23. The van der Waals surface area contributed by atoms with Crippen LogP contribution in [0.15, 0.2) is 34.5 Å². The number of ether oxygens (including phenoxy) is 3. The lowest BCUT2D eigenvalue weighted by Gasteiger charge is -2.24. The predicted molar refractivity (Wildman–Crippen MR) is 115 cm³/mol. The minimum atomic E-state index is -0.564. The van der Waals surface area contributed by atoms with E-state index in [-0.39, 0.29) is 29.0 Å². The zero-order chi connectivity index (χ0) is 21.8. The van der Waals surface area contributed by atoms with Gasteiger partial charge in [-0.15, -0.1) is 0 Å². The molecule has 2 aliphatic rings. The fraction of sp³-hybridized carbons (Fsp3) is 0.522. The Hall–Kier alpha value is -1.89. The maximum atomic E-state index is 15.0. The van der Waals surface area contributed by atoms with E-state index in [4.69, 9.17) is 25.8 Å². The van der Waals surface area contributed by atoms with E-state index < -0.39 is 12.1 Å². The van der Waals surface area contributed by atoms with Gasteiger partial charge in [-0.3, -0.25) is 9.69 Å². The van der Waals surface area contributed by atoms with Crippen LogP contribution in [-0.4, -0.2) is 32.0 Å². The van der Waals surface area contributed by atoms with E-state index in [0.29, 0.717) is 13.2 Å². The summed E-state index contributed by atoms with van der Waals surface area (Å²) in [6.45, 7) is 8.66. The molecule has 7 heteroatoms. The van der Waals surface area contributed by atoms with Gasteiger partial charge in [0, 0.05) is 24.9 Å². The number of carbonyl (C=O) groups excluding carboxylic acids is 1. The summed E-state index contributed by atoms with van der Waals surface area (Å²) in [4.78, 5) is 14.7. The highest BCUT2D eigenvalue weighted by Gasteiger charge is 2.38. The lowest BCUT2D eigenvalue weighted by molar-refractivity contribution is -0.152. The number of anilines is 1. The Morgan fingerprint density at radius 3 is 2.37 bits per heavy atom. The zero-order valence-corrected chi connectivity index (χ0v) is 18.8. The van der Waals surface area contributed by atoms with Crippen LogP contribution in [0.1, 0.15) is 53.4 Å². The fourth-order valence-corrected chi connectivity index (χ4v) is 4.21. The molecular formula is C23H29ClFNO4. The van der Waals surface area contributed by atoms with E-state index in [1.165, 1.54) is 17.0 Å². The van der Waals surface area contributed by atoms with Crippen molar-refractivity contribution >= 4 is 23.2 Å². The van der Waals surface area contributed by atoms with Gasteiger partial charge in [-0.2, -0.15) is 0 Å². The molecule has 1 aromatic carbocycles. The summed E-state index contributed by atoms with van der Waals surface area (Å²) in [7, 11) is 0. The molecule has 0 unspecified atom stereocenters. The zero-order valence-electron chi connectivity index (χ0n) is 18.0. The van der Waals surface area contributed by atoms with E-state index in [1.54, 1.807) is 0 Å². The molecule has 5 nitrogen and oxygen atoms in total. The average Bonchev–Trinajstić information content (AvgIpc) is 3.00.